The third-order valence-electron chi connectivity index (χ3n) is 13.3. The number of aromatic hydroxyl groups is 1. The van der Waals surface area contributed by atoms with Gasteiger partial charge in [0.2, 0.25) is 0 Å². The Bertz CT molecular complexity index is 3180. The number of aromatic nitrogens is 2. The second-order valence-electron chi connectivity index (χ2n) is 16.3. The Labute approximate surface area is 339 Å². The van der Waals surface area contributed by atoms with Crippen molar-refractivity contribution in [3.05, 3.63) is 106 Å². The first kappa shape index (κ1) is 37.8. The second-order valence-corrected chi connectivity index (χ2v) is 16.3. The van der Waals surface area contributed by atoms with Crippen LogP contribution in [0.1, 0.15) is 12.5 Å². The Morgan fingerprint density at radius 3 is 1.93 bits per heavy atom. The number of hydrogen-bond acceptors (Lipinski definition) is 2. The molecule has 0 spiro atoms. The van der Waals surface area contributed by atoms with Gasteiger partial charge in [-0.05, 0) is 0 Å². The number of fused-ring (bicyclic) bond motifs is 5. The number of hydrogen-bond donors (Lipinski definition) is 1. The predicted molar refractivity (Wildman–Crippen MR) is 275 cm³/mol. The van der Waals surface area contributed by atoms with Crippen LogP contribution in [0, 0.1) is 12.0 Å². The van der Waals surface area contributed by atoms with Crippen molar-refractivity contribution in [2.45, 2.75) is 13.8 Å². The zero-order valence-electron chi connectivity index (χ0n) is 35.1. The van der Waals surface area contributed by atoms with Gasteiger partial charge in [-0.25, -0.2) is 0 Å². The zero-order chi connectivity index (χ0) is 40.1. The molecule has 1 N–H and O–H groups in total. The van der Waals surface area contributed by atoms with Crippen LogP contribution < -0.4 is 43.5 Å². The number of allylic oxidation sites excluding steroid dienone is 2. The molecule has 0 aliphatic heterocycles. The fourth-order valence-electron chi connectivity index (χ4n) is 9.26. The number of nitrogens with zero attached hydrogens (tertiary/aromatic N) is 2. The van der Waals surface area contributed by atoms with Gasteiger partial charge < -0.3 is 0 Å². The van der Waals surface area contributed by atoms with E-state index in [1.165, 1.54) is 81.7 Å². The van der Waals surface area contributed by atoms with E-state index in [0.29, 0.717) is 5.75 Å². The van der Waals surface area contributed by atoms with Crippen molar-refractivity contribution in [3.8, 4) is 34.0 Å². The maximum absolute atomic E-state index is 11.2. The van der Waals surface area contributed by atoms with Crippen molar-refractivity contribution in [2.75, 3.05) is 0 Å². The summed E-state index contributed by atoms with van der Waals surface area (Å²) in [5, 5.41) is 20.7. The van der Waals surface area contributed by atoms with Gasteiger partial charge in [-0.1, -0.05) is 0 Å². The first-order chi connectivity index (χ1) is 26.7. The minimum absolute atomic E-state index is 0.352. The zero-order valence-corrected chi connectivity index (χ0v) is 35.1. The summed E-state index contributed by atoms with van der Waals surface area (Å²) >= 11 is 0. The molecule has 7 aromatic carbocycles. The monoisotopic (exact) mass is 710 g/mol. The molecule has 258 valence electrons. The van der Waals surface area contributed by atoms with E-state index in [0.717, 1.165) is 60.4 Å². The first-order valence-corrected chi connectivity index (χ1v) is 19.8. The summed E-state index contributed by atoms with van der Waals surface area (Å²) in [4.78, 5) is 5.50. The SMILES string of the molecule is B=c1c(-c2cc3ccccc3c3ccccc23)c2c(B)c(B)c(B)c(B)c2c(-n2c(-c3c(B)c(B)c(O)c(B)c3C)nc3ccccc32)/c1=C(B)/C(B)=C(/B)C. The van der Waals surface area contributed by atoms with Crippen LogP contribution in [0.2, 0.25) is 0 Å². The van der Waals surface area contributed by atoms with Crippen LogP contribution in [0.15, 0.2) is 89.8 Å². The van der Waals surface area contributed by atoms with Crippen molar-refractivity contribution in [1.82, 2.24) is 9.55 Å². The molecule has 0 saturated heterocycles. The van der Waals surface area contributed by atoms with Crippen LogP contribution in [0.25, 0.3) is 77.0 Å². The molecule has 0 unspecified atom stereocenters. The molecule has 0 atom stereocenters. The van der Waals surface area contributed by atoms with E-state index in [-0.39, 0.29) is 0 Å². The van der Waals surface area contributed by atoms with Crippen LogP contribution >= 0.6 is 0 Å². The van der Waals surface area contributed by atoms with E-state index < -0.39 is 0 Å². The van der Waals surface area contributed by atoms with Crippen molar-refractivity contribution < 1.29 is 5.11 Å². The molecular formula is C42H41B11N2O. The summed E-state index contributed by atoms with van der Waals surface area (Å²) in [6.07, 6.45) is 0. The minimum atomic E-state index is 0.352. The van der Waals surface area contributed by atoms with Crippen molar-refractivity contribution >= 4 is 173 Å². The van der Waals surface area contributed by atoms with Crippen molar-refractivity contribution in [3.63, 3.8) is 0 Å². The van der Waals surface area contributed by atoms with Crippen LogP contribution in [-0.2, 0) is 0 Å². The van der Waals surface area contributed by atoms with Gasteiger partial charge in [0.1, 0.15) is 0 Å². The van der Waals surface area contributed by atoms with E-state index in [4.69, 9.17) is 12.5 Å². The molecule has 56 heavy (non-hydrogen) atoms. The van der Waals surface area contributed by atoms with Gasteiger partial charge in [-0.2, -0.15) is 0 Å². The van der Waals surface area contributed by atoms with E-state index >= 15 is 0 Å². The number of phenols is 1. The van der Waals surface area contributed by atoms with Crippen molar-refractivity contribution in [1.29, 1.82) is 0 Å². The Hall–Kier alpha value is -5.09. The Kier molecular flexibility index (Phi) is 9.34. The molecule has 0 fully saturated rings. The van der Waals surface area contributed by atoms with Crippen LogP contribution in [0.3, 0.4) is 0 Å². The molecule has 3 nitrogen and oxygen atoms in total. The summed E-state index contributed by atoms with van der Waals surface area (Å²) in [6, 6.07) is 28.5. The molecular weight excluding hydrogens is 667 g/mol. The number of benzene rings is 7. The third-order valence-corrected chi connectivity index (χ3v) is 13.3. The molecule has 0 amide bonds. The maximum atomic E-state index is 11.2. The molecule has 1 aromatic heterocycles. The number of imidazole rings is 1. The van der Waals surface area contributed by atoms with Gasteiger partial charge in [0, 0.05) is 0 Å². The van der Waals surface area contributed by atoms with Crippen LogP contribution in [0.5, 0.6) is 5.75 Å². The quantitative estimate of drug-likeness (QED) is 0.146. The van der Waals surface area contributed by atoms with Gasteiger partial charge >= 0.3 is 341 Å². The number of rotatable bonds is 4. The number of phenolic OH excluding ortho intramolecular Hbond substituents is 1. The standard InChI is InChI=1S/C42H41B11N2O/c1-16-25(33(47)39(53)41(56)30(16)44)42-54-23-13-7-8-14-24(23)55(42)40-28-27(34(48)37(51)38(52)35(28)49)26(32(46)29(40)36(50)31(45)17(2)43)22-15-18-9-3-4-10-19(18)20-11-5-6-12-21(20)22/h3-15,46,56H,43-45,47-53H2,1-2H3/b31-17-,36-29-. The van der Waals surface area contributed by atoms with Gasteiger partial charge in [0.25, 0.3) is 0 Å². The predicted octanol–water partition coefficient (Wildman–Crippen LogP) is -5.97. The fourth-order valence-corrected chi connectivity index (χ4v) is 9.26. The van der Waals surface area contributed by atoms with E-state index in [1.807, 2.05) is 15.7 Å². The first-order valence-electron chi connectivity index (χ1n) is 19.8. The van der Waals surface area contributed by atoms with Gasteiger partial charge in [0.15, 0.2) is 0 Å². The van der Waals surface area contributed by atoms with E-state index in [1.54, 1.807) is 0 Å². The van der Waals surface area contributed by atoms with Gasteiger partial charge in [-0.15, -0.1) is 0 Å². The summed E-state index contributed by atoms with van der Waals surface area (Å²) in [5.74, 6) is 1.22. The summed E-state index contributed by atoms with van der Waals surface area (Å²) in [6.45, 7) is 4.32. The molecule has 8 rings (SSSR count). The summed E-state index contributed by atoms with van der Waals surface area (Å²) in [5.41, 5.74) is 19.1. The molecule has 1 heterocycles. The second kappa shape index (κ2) is 13.8. The molecule has 0 saturated carbocycles. The molecule has 0 radical (unpaired) electrons. The number of para-hydroxylation sites is 2. The van der Waals surface area contributed by atoms with E-state index in [2.05, 4.69) is 160 Å². The molecule has 0 bridgehead atoms. The Morgan fingerprint density at radius 1 is 0.661 bits per heavy atom. The average molecular weight is 709 g/mol. The molecule has 0 aliphatic rings. The summed E-state index contributed by atoms with van der Waals surface area (Å²) in [7, 11) is 27.2. The van der Waals surface area contributed by atoms with Gasteiger partial charge in [-0.3, -0.25) is 0 Å². The van der Waals surface area contributed by atoms with Crippen LogP contribution in [0.4, 0.5) is 0 Å². The average Bonchev–Trinajstić information content (AvgIpc) is 3.57. The molecule has 0 aliphatic carbocycles. The van der Waals surface area contributed by atoms with E-state index in [9.17, 15) is 5.11 Å². The van der Waals surface area contributed by atoms with Crippen LogP contribution in [-0.4, -0.2) is 101 Å². The normalized spacial score (nSPS) is 12.8. The fraction of sp³-hybridized carbons (Fsp3) is 0.0476. The Morgan fingerprint density at radius 2 is 1.25 bits per heavy atom. The Balaban J connectivity index is 1.74. The molecule has 8 aromatic rings. The third kappa shape index (κ3) is 5.42. The molecule has 14 heteroatoms. The van der Waals surface area contributed by atoms with Gasteiger partial charge in [0.05, 0.1) is 0 Å². The topological polar surface area (TPSA) is 38.0 Å². The van der Waals surface area contributed by atoms with Crippen molar-refractivity contribution in [2.24, 2.45) is 0 Å². The summed E-state index contributed by atoms with van der Waals surface area (Å²) < 4.78 is 2.43.